The maximum Gasteiger partial charge on any atom is 0.228 e. The molecule has 4 aromatic rings. The largest absolute Gasteiger partial charge is 0.356 e. The van der Waals surface area contributed by atoms with Gasteiger partial charge in [-0.3, -0.25) is 19.2 Å². The van der Waals surface area contributed by atoms with Gasteiger partial charge in [-0.25, -0.2) is 4.98 Å². The molecule has 0 unspecified atom stereocenters. The van der Waals surface area contributed by atoms with E-state index < -0.39 is 17.4 Å². The Bertz CT molecular complexity index is 1910. The van der Waals surface area contributed by atoms with E-state index in [2.05, 4.69) is 45.6 Å². The van der Waals surface area contributed by atoms with Crippen LogP contribution >= 0.6 is 0 Å². The van der Waals surface area contributed by atoms with Crippen LogP contribution in [0.5, 0.6) is 0 Å². The third-order valence-electron chi connectivity index (χ3n) is 11.8. The summed E-state index contributed by atoms with van der Waals surface area (Å²) in [5.74, 6) is -1.11. The number of carbonyl (C=O) groups is 4. The van der Waals surface area contributed by atoms with E-state index in [-0.39, 0.29) is 30.0 Å². The third kappa shape index (κ3) is 7.61. The number of amides is 4. The molecule has 2 aromatic carbocycles. The zero-order valence-corrected chi connectivity index (χ0v) is 31.2. The number of aromatic amines is 1. The number of imidazole rings is 1. The van der Waals surface area contributed by atoms with E-state index >= 15 is 0 Å². The van der Waals surface area contributed by atoms with E-state index in [1.54, 1.807) is 31.5 Å². The number of nitrogens with one attached hydrogen (secondary N) is 2. The molecule has 11 nitrogen and oxygen atoms in total. The van der Waals surface area contributed by atoms with Crippen LogP contribution in [-0.4, -0.2) is 93.1 Å². The van der Waals surface area contributed by atoms with Gasteiger partial charge in [0.25, 0.3) is 0 Å². The number of aromatic nitrogens is 3. The molecule has 53 heavy (non-hydrogen) atoms. The van der Waals surface area contributed by atoms with Crippen molar-refractivity contribution < 1.29 is 19.2 Å². The number of hydrogen-bond acceptors (Lipinski definition) is 5. The van der Waals surface area contributed by atoms with Gasteiger partial charge >= 0.3 is 0 Å². The summed E-state index contributed by atoms with van der Waals surface area (Å²) in [6.07, 6.45) is 12.6. The molecular formula is C42H53N7O4. The van der Waals surface area contributed by atoms with E-state index in [1.807, 2.05) is 38.8 Å². The average molecular weight is 720 g/mol. The molecule has 0 aliphatic carbocycles. The second kappa shape index (κ2) is 16.0. The van der Waals surface area contributed by atoms with Crippen LogP contribution in [0.3, 0.4) is 0 Å². The molecule has 3 atom stereocenters. The molecule has 3 aliphatic heterocycles. The summed E-state index contributed by atoms with van der Waals surface area (Å²) in [6.45, 7) is 3.17. The predicted molar refractivity (Wildman–Crippen MR) is 204 cm³/mol. The summed E-state index contributed by atoms with van der Waals surface area (Å²) in [7, 11) is 3.56. The highest BCUT2D eigenvalue weighted by Gasteiger charge is 2.59. The van der Waals surface area contributed by atoms with Gasteiger partial charge in [0.15, 0.2) is 0 Å². The second-order valence-corrected chi connectivity index (χ2v) is 15.4. The fourth-order valence-electron chi connectivity index (χ4n) is 9.02. The normalized spacial score (nSPS) is 21.3. The van der Waals surface area contributed by atoms with Crippen LogP contribution in [0, 0.1) is 11.8 Å². The third-order valence-corrected chi connectivity index (χ3v) is 11.8. The Balaban J connectivity index is 1.24. The molecule has 2 aromatic heterocycles. The first-order valence-electron chi connectivity index (χ1n) is 19.5. The van der Waals surface area contributed by atoms with Gasteiger partial charge in [0.05, 0.1) is 17.8 Å². The molecule has 11 heteroatoms. The number of fused-ring (bicyclic) bond motifs is 5. The van der Waals surface area contributed by atoms with Crippen molar-refractivity contribution in [3.8, 4) is 0 Å². The van der Waals surface area contributed by atoms with E-state index in [1.165, 1.54) is 5.56 Å². The molecule has 280 valence electrons. The highest BCUT2D eigenvalue weighted by atomic mass is 16.2. The van der Waals surface area contributed by atoms with Gasteiger partial charge < -0.3 is 29.6 Å². The van der Waals surface area contributed by atoms with Crippen molar-refractivity contribution in [1.82, 2.24) is 34.6 Å². The van der Waals surface area contributed by atoms with Crippen LogP contribution in [0.4, 0.5) is 0 Å². The zero-order valence-electron chi connectivity index (χ0n) is 31.2. The first-order valence-corrected chi connectivity index (χ1v) is 19.5. The average Bonchev–Trinajstić information content (AvgIpc) is 3.84. The molecule has 0 spiro atoms. The standard InChI is InChI=1S/C42H53N7O4/c1-46(2)38(51)15-13-31-12-14-33-34-17-24-49-40(52)32(28-37(50)44-19-9-21-47-25-20-43-29-47)27-35(41(53)48-22-7-4-8-23-48)42(49,39(34)45-36(33)26-31)18-16-30-10-5-3-6-11-30/h3,5-6,10-12,14,20,25-26,29,32,35,45H,4,7-9,13,15-19,21-24,27-28H2,1-2H3,(H,44,50)/t32-,35-,42+/m1/s1. The van der Waals surface area contributed by atoms with Crippen molar-refractivity contribution in [2.45, 2.75) is 82.7 Å². The van der Waals surface area contributed by atoms with Gasteiger partial charge in [-0.15, -0.1) is 0 Å². The molecule has 2 saturated heterocycles. The van der Waals surface area contributed by atoms with Crippen molar-refractivity contribution in [2.75, 3.05) is 40.3 Å². The van der Waals surface area contributed by atoms with Gasteiger partial charge in [0, 0.05) is 94.6 Å². The lowest BCUT2D eigenvalue weighted by molar-refractivity contribution is -0.167. The SMILES string of the molecule is CN(C)C(=O)CCc1ccc2c3c([nH]c2c1)[C@]1(CCc2ccccc2)[C@@H](C(=O)N2CCCCC2)C[C@H](CC(=O)NCCCn2ccnc2)C(=O)N1CC3. The lowest BCUT2D eigenvalue weighted by Gasteiger charge is -2.56. The number of H-pyrrole nitrogens is 1. The summed E-state index contributed by atoms with van der Waals surface area (Å²) in [6, 6.07) is 16.7. The summed E-state index contributed by atoms with van der Waals surface area (Å²) >= 11 is 0. The van der Waals surface area contributed by atoms with Crippen molar-refractivity contribution in [3.63, 3.8) is 0 Å². The summed E-state index contributed by atoms with van der Waals surface area (Å²) in [5.41, 5.74) is 4.43. The molecule has 7 rings (SSSR count). The fourth-order valence-corrected chi connectivity index (χ4v) is 9.02. The van der Waals surface area contributed by atoms with Crippen LogP contribution < -0.4 is 5.32 Å². The molecule has 4 amide bonds. The number of aryl methyl sites for hydroxylation is 3. The minimum absolute atomic E-state index is 0.0403. The highest BCUT2D eigenvalue weighted by Crippen LogP contribution is 2.53. The second-order valence-electron chi connectivity index (χ2n) is 15.4. The number of piperidine rings is 2. The Hall–Kier alpha value is -4.93. The Kier molecular flexibility index (Phi) is 11.0. The Labute approximate surface area is 312 Å². The van der Waals surface area contributed by atoms with Crippen LogP contribution in [0.2, 0.25) is 0 Å². The molecule has 0 bridgehead atoms. The maximum atomic E-state index is 15.0. The smallest absolute Gasteiger partial charge is 0.228 e. The fraction of sp³-hybridized carbons (Fsp3) is 0.500. The Morgan fingerprint density at radius 1 is 1.00 bits per heavy atom. The van der Waals surface area contributed by atoms with Crippen LogP contribution in [0.25, 0.3) is 10.9 Å². The summed E-state index contributed by atoms with van der Waals surface area (Å²) in [5, 5.41) is 4.15. The number of carbonyl (C=O) groups excluding carboxylic acids is 4. The van der Waals surface area contributed by atoms with Crippen molar-refractivity contribution in [3.05, 3.63) is 89.6 Å². The lowest BCUT2D eigenvalue weighted by atomic mass is 9.64. The van der Waals surface area contributed by atoms with Crippen LogP contribution in [0.15, 0.2) is 67.3 Å². The topological polar surface area (TPSA) is 124 Å². The minimum Gasteiger partial charge on any atom is -0.356 e. The Morgan fingerprint density at radius 2 is 1.81 bits per heavy atom. The molecular weight excluding hydrogens is 667 g/mol. The number of rotatable bonds is 13. The lowest BCUT2D eigenvalue weighted by Crippen LogP contribution is -2.66. The summed E-state index contributed by atoms with van der Waals surface area (Å²) in [4.78, 5) is 69.1. The van der Waals surface area contributed by atoms with Crippen molar-refractivity contribution in [2.24, 2.45) is 11.8 Å². The molecule has 3 aliphatic rings. The zero-order chi connectivity index (χ0) is 37.0. The van der Waals surface area contributed by atoms with Gasteiger partial charge in [0.2, 0.25) is 23.6 Å². The highest BCUT2D eigenvalue weighted by molar-refractivity contribution is 5.93. The van der Waals surface area contributed by atoms with Crippen molar-refractivity contribution >= 4 is 34.5 Å². The van der Waals surface area contributed by atoms with E-state index in [4.69, 9.17) is 0 Å². The van der Waals surface area contributed by atoms with Crippen molar-refractivity contribution in [1.29, 1.82) is 0 Å². The van der Waals surface area contributed by atoms with E-state index in [0.717, 1.165) is 60.0 Å². The molecule has 2 fully saturated rings. The first kappa shape index (κ1) is 36.4. The van der Waals surface area contributed by atoms with Gasteiger partial charge in [-0.05, 0) is 80.5 Å². The number of nitrogens with zero attached hydrogens (tertiary/aromatic N) is 5. The minimum atomic E-state index is -0.896. The molecule has 5 heterocycles. The van der Waals surface area contributed by atoms with E-state index in [0.29, 0.717) is 64.7 Å². The maximum absolute atomic E-state index is 15.0. The Morgan fingerprint density at radius 3 is 2.57 bits per heavy atom. The predicted octanol–water partition coefficient (Wildman–Crippen LogP) is 4.84. The van der Waals surface area contributed by atoms with Gasteiger partial charge in [-0.1, -0.05) is 42.5 Å². The van der Waals surface area contributed by atoms with Gasteiger partial charge in [0.1, 0.15) is 0 Å². The quantitative estimate of drug-likeness (QED) is 0.192. The number of likely N-dealkylation sites (tertiary alicyclic amines) is 1. The number of hydrogen-bond donors (Lipinski definition) is 2. The molecule has 2 N–H and O–H groups in total. The van der Waals surface area contributed by atoms with Crippen LogP contribution in [-0.2, 0) is 50.5 Å². The first-order chi connectivity index (χ1) is 25.7. The van der Waals surface area contributed by atoms with E-state index in [9.17, 15) is 19.2 Å². The van der Waals surface area contributed by atoms with Gasteiger partial charge in [-0.2, -0.15) is 0 Å². The monoisotopic (exact) mass is 719 g/mol. The molecule has 0 radical (unpaired) electrons. The number of benzene rings is 2. The summed E-state index contributed by atoms with van der Waals surface area (Å²) < 4.78 is 1.98. The van der Waals surface area contributed by atoms with Crippen LogP contribution in [0.1, 0.15) is 73.8 Å². The molecule has 0 saturated carbocycles.